The lowest BCUT2D eigenvalue weighted by Gasteiger charge is -2.15. The summed E-state index contributed by atoms with van der Waals surface area (Å²) in [7, 11) is -2.94. The molecule has 0 aliphatic heterocycles. The molecular weight excluding hydrogens is 236 g/mol. The van der Waals surface area contributed by atoms with Crippen molar-refractivity contribution < 1.29 is 13.5 Å². The van der Waals surface area contributed by atoms with Crippen LogP contribution in [0.25, 0.3) is 0 Å². The molecule has 0 amide bonds. The summed E-state index contributed by atoms with van der Waals surface area (Å²) in [5, 5.41) is 9.42. The van der Waals surface area contributed by atoms with Gasteiger partial charge in [-0.3, -0.25) is 0 Å². The lowest BCUT2D eigenvalue weighted by molar-refractivity contribution is 0.199. The van der Waals surface area contributed by atoms with Gasteiger partial charge < -0.3 is 5.11 Å². The molecule has 1 aromatic rings. The lowest BCUT2D eigenvalue weighted by atomic mass is 9.96. The van der Waals surface area contributed by atoms with Crippen molar-refractivity contribution in [2.24, 2.45) is 0 Å². The molecule has 0 heterocycles. The second-order valence-corrected chi connectivity index (χ2v) is 7.29. The van der Waals surface area contributed by atoms with E-state index in [-0.39, 0.29) is 11.2 Å². The Bertz CT molecular complexity index is 496. The van der Waals surface area contributed by atoms with Crippen LogP contribution in [0.15, 0.2) is 24.3 Å². The predicted molar refractivity (Wildman–Crippen MR) is 67.7 cm³/mol. The summed E-state index contributed by atoms with van der Waals surface area (Å²) in [5.41, 5.74) is 1.78. The van der Waals surface area contributed by atoms with Gasteiger partial charge in [0.2, 0.25) is 0 Å². The molecule has 3 nitrogen and oxygen atoms in total. The Morgan fingerprint density at radius 3 is 2.18 bits per heavy atom. The van der Waals surface area contributed by atoms with Crippen molar-refractivity contribution in [1.82, 2.24) is 0 Å². The number of aliphatic hydroxyl groups excluding tert-OH is 1. The van der Waals surface area contributed by atoms with Crippen molar-refractivity contribution in [3.8, 4) is 0 Å². The van der Waals surface area contributed by atoms with E-state index < -0.39 is 15.9 Å². The van der Waals surface area contributed by atoms with E-state index in [1.165, 1.54) is 6.26 Å². The largest absolute Gasteiger partial charge is 0.389 e. The third kappa shape index (κ3) is 2.87. The Morgan fingerprint density at radius 1 is 1.29 bits per heavy atom. The maximum absolute atomic E-state index is 11.4. The fourth-order valence-electron chi connectivity index (χ4n) is 2.28. The summed E-state index contributed by atoms with van der Waals surface area (Å²) in [6.45, 7) is 1.72. The first kappa shape index (κ1) is 12.6. The molecule has 0 spiro atoms. The van der Waals surface area contributed by atoms with Gasteiger partial charge >= 0.3 is 0 Å². The Balaban J connectivity index is 2.23. The summed E-state index contributed by atoms with van der Waals surface area (Å²) in [4.78, 5) is 0. The third-order valence-corrected chi connectivity index (χ3v) is 4.47. The molecule has 1 aromatic carbocycles. The molecule has 0 bridgehead atoms. The van der Waals surface area contributed by atoms with Gasteiger partial charge in [0.1, 0.15) is 9.84 Å². The van der Waals surface area contributed by atoms with Crippen molar-refractivity contribution in [3.05, 3.63) is 35.4 Å². The molecule has 1 saturated carbocycles. The number of rotatable bonds is 4. The SMILES string of the molecule is CC(O)c1ccc(C2(CS(C)(=O)=O)CC2)cc1. The average molecular weight is 254 g/mol. The van der Waals surface area contributed by atoms with Crippen LogP contribution in [0.5, 0.6) is 0 Å². The molecule has 1 aliphatic rings. The zero-order chi connectivity index (χ0) is 12.7. The van der Waals surface area contributed by atoms with Crippen molar-refractivity contribution in [3.63, 3.8) is 0 Å². The first-order chi connectivity index (χ1) is 7.82. The van der Waals surface area contributed by atoms with Gasteiger partial charge in [-0.2, -0.15) is 0 Å². The second kappa shape index (κ2) is 4.10. The highest BCUT2D eigenvalue weighted by Gasteiger charge is 2.46. The number of hydrogen-bond donors (Lipinski definition) is 1. The Kier molecular flexibility index (Phi) is 3.04. The zero-order valence-electron chi connectivity index (χ0n) is 10.2. The quantitative estimate of drug-likeness (QED) is 0.891. The van der Waals surface area contributed by atoms with Crippen LogP contribution in [0.2, 0.25) is 0 Å². The van der Waals surface area contributed by atoms with Crippen molar-refractivity contribution in [2.75, 3.05) is 12.0 Å². The van der Waals surface area contributed by atoms with Gasteiger partial charge in [-0.1, -0.05) is 24.3 Å². The fraction of sp³-hybridized carbons (Fsp3) is 0.538. The normalized spacial score (nSPS) is 19.9. The first-order valence-corrected chi connectivity index (χ1v) is 7.85. The summed E-state index contributed by atoms with van der Waals surface area (Å²) >= 11 is 0. The van der Waals surface area contributed by atoms with Gasteiger partial charge in [-0.05, 0) is 30.9 Å². The Labute approximate surface area is 102 Å². The van der Waals surface area contributed by atoms with E-state index in [1.807, 2.05) is 24.3 Å². The Morgan fingerprint density at radius 2 is 1.82 bits per heavy atom. The smallest absolute Gasteiger partial charge is 0.148 e. The molecule has 0 saturated heterocycles. The van der Waals surface area contributed by atoms with Gasteiger partial charge in [-0.15, -0.1) is 0 Å². The van der Waals surface area contributed by atoms with E-state index >= 15 is 0 Å². The molecule has 1 aliphatic carbocycles. The standard InChI is InChI=1S/C13H18O3S/c1-10(14)11-3-5-12(6-4-11)13(7-8-13)9-17(2,15)16/h3-6,10,14H,7-9H2,1-2H3. The van der Waals surface area contributed by atoms with Crippen LogP contribution in [0.4, 0.5) is 0 Å². The van der Waals surface area contributed by atoms with Crippen molar-refractivity contribution >= 4 is 9.84 Å². The summed E-state index contributed by atoms with van der Waals surface area (Å²) in [6, 6.07) is 7.64. The lowest BCUT2D eigenvalue weighted by Crippen LogP contribution is -2.19. The van der Waals surface area contributed by atoms with Gasteiger partial charge in [0.25, 0.3) is 0 Å². The van der Waals surface area contributed by atoms with Crippen LogP contribution in [0.3, 0.4) is 0 Å². The van der Waals surface area contributed by atoms with Crippen LogP contribution in [-0.2, 0) is 15.3 Å². The maximum atomic E-state index is 11.4. The number of hydrogen-bond acceptors (Lipinski definition) is 3. The molecule has 2 rings (SSSR count). The molecular formula is C13H18O3S. The van der Waals surface area contributed by atoms with E-state index in [4.69, 9.17) is 0 Å². The minimum Gasteiger partial charge on any atom is -0.389 e. The third-order valence-electron chi connectivity index (χ3n) is 3.40. The second-order valence-electron chi connectivity index (χ2n) is 5.15. The molecule has 1 atom stereocenters. The molecule has 1 unspecified atom stereocenters. The predicted octanol–water partition coefficient (Wildman–Crippen LogP) is 1.82. The Hall–Kier alpha value is -0.870. The van der Waals surface area contributed by atoms with Crippen molar-refractivity contribution in [1.29, 1.82) is 0 Å². The van der Waals surface area contributed by atoms with Gasteiger partial charge in [0, 0.05) is 11.7 Å². The number of benzene rings is 1. The van der Waals surface area contributed by atoms with Crippen LogP contribution in [-0.4, -0.2) is 25.5 Å². The molecule has 0 radical (unpaired) electrons. The first-order valence-electron chi connectivity index (χ1n) is 5.79. The average Bonchev–Trinajstić information content (AvgIpc) is 2.96. The van der Waals surface area contributed by atoms with Crippen molar-refractivity contribution in [2.45, 2.75) is 31.3 Å². The highest BCUT2D eigenvalue weighted by molar-refractivity contribution is 7.90. The summed E-state index contributed by atoms with van der Waals surface area (Å²) in [5.74, 6) is 0.230. The van der Waals surface area contributed by atoms with Crippen LogP contribution < -0.4 is 0 Å². The highest BCUT2D eigenvalue weighted by atomic mass is 32.2. The van der Waals surface area contributed by atoms with E-state index in [1.54, 1.807) is 6.92 Å². The number of aliphatic hydroxyl groups is 1. The highest BCUT2D eigenvalue weighted by Crippen LogP contribution is 2.49. The molecule has 4 heteroatoms. The van der Waals surface area contributed by atoms with E-state index in [2.05, 4.69) is 0 Å². The minimum atomic E-state index is -2.94. The molecule has 17 heavy (non-hydrogen) atoms. The maximum Gasteiger partial charge on any atom is 0.148 e. The van der Waals surface area contributed by atoms with Crippen LogP contribution in [0.1, 0.15) is 37.0 Å². The summed E-state index contributed by atoms with van der Waals surface area (Å²) in [6.07, 6.45) is 2.69. The van der Waals surface area contributed by atoms with E-state index in [0.717, 1.165) is 24.0 Å². The minimum absolute atomic E-state index is 0.162. The van der Waals surface area contributed by atoms with Crippen LogP contribution >= 0.6 is 0 Å². The van der Waals surface area contributed by atoms with Gasteiger partial charge in [0.05, 0.1) is 11.9 Å². The molecule has 94 valence electrons. The van der Waals surface area contributed by atoms with E-state index in [0.29, 0.717) is 0 Å². The monoisotopic (exact) mass is 254 g/mol. The molecule has 1 fully saturated rings. The fourth-order valence-corrected chi connectivity index (χ4v) is 3.74. The topological polar surface area (TPSA) is 54.4 Å². The van der Waals surface area contributed by atoms with Crippen LogP contribution in [0, 0.1) is 0 Å². The molecule has 0 aromatic heterocycles. The van der Waals surface area contributed by atoms with Gasteiger partial charge in [0.15, 0.2) is 0 Å². The zero-order valence-corrected chi connectivity index (χ0v) is 11.0. The molecule has 1 N–H and O–H groups in total. The van der Waals surface area contributed by atoms with E-state index in [9.17, 15) is 13.5 Å². The summed E-state index contributed by atoms with van der Waals surface area (Å²) < 4.78 is 22.8. The number of sulfone groups is 1. The van der Waals surface area contributed by atoms with Gasteiger partial charge in [-0.25, -0.2) is 8.42 Å².